The van der Waals surface area contributed by atoms with Gasteiger partial charge in [-0.25, -0.2) is 4.98 Å². The highest BCUT2D eigenvalue weighted by Gasteiger charge is 2.27. The quantitative estimate of drug-likeness (QED) is 0.137. The van der Waals surface area contributed by atoms with Crippen LogP contribution in [0.1, 0.15) is 21.7 Å². The van der Waals surface area contributed by atoms with Gasteiger partial charge in [-0.15, -0.1) is 0 Å². The van der Waals surface area contributed by atoms with E-state index in [9.17, 15) is 19.2 Å². The van der Waals surface area contributed by atoms with Gasteiger partial charge in [-0.1, -0.05) is 48.5 Å². The molecule has 2 aromatic heterocycles. The number of carbonyl (C=O) groups excluding carboxylic acids is 4. The molecule has 12 nitrogen and oxygen atoms in total. The zero-order valence-electron chi connectivity index (χ0n) is 24.1. The number of aromatic amines is 1. The van der Waals surface area contributed by atoms with Crippen LogP contribution in [-0.2, 0) is 27.2 Å². The standard InChI is InChI=1S/C33H31N7O5/c34-31(42)27(18-24-17-22-6-4-5-9-26(22)37-24)39-32(43)28(40-33(44)29-19-35-14-15-36-29)16-21-10-12-23(13-11-21)38-30(41)20-45-25-7-2-1-3-8-25/h1-15,17,19,27-28,37H,16,18,20H2,(H2,34,42)(H,38,41)(H,39,43)(H,40,44)/t27-,28-/m0/s1. The van der Waals surface area contributed by atoms with E-state index in [0.29, 0.717) is 22.7 Å². The maximum absolute atomic E-state index is 13.5. The van der Waals surface area contributed by atoms with Crippen molar-refractivity contribution in [2.45, 2.75) is 24.9 Å². The van der Waals surface area contributed by atoms with Crippen molar-refractivity contribution in [3.8, 4) is 5.75 Å². The summed E-state index contributed by atoms with van der Waals surface area (Å²) in [4.78, 5) is 62.4. The fourth-order valence-corrected chi connectivity index (χ4v) is 4.64. The van der Waals surface area contributed by atoms with Gasteiger partial charge in [0, 0.05) is 42.1 Å². The van der Waals surface area contributed by atoms with Gasteiger partial charge in [0.2, 0.25) is 11.8 Å². The minimum absolute atomic E-state index is 0.0237. The molecular weight excluding hydrogens is 574 g/mol. The molecule has 3 aromatic carbocycles. The van der Waals surface area contributed by atoms with E-state index in [-0.39, 0.29) is 31.0 Å². The van der Waals surface area contributed by atoms with Crippen LogP contribution in [0.25, 0.3) is 10.9 Å². The van der Waals surface area contributed by atoms with E-state index in [0.717, 1.165) is 10.9 Å². The van der Waals surface area contributed by atoms with E-state index in [1.54, 1.807) is 36.4 Å². The molecule has 0 aliphatic rings. The average Bonchev–Trinajstić information content (AvgIpc) is 3.47. The fourth-order valence-electron chi connectivity index (χ4n) is 4.64. The lowest BCUT2D eigenvalue weighted by atomic mass is 10.0. The maximum Gasteiger partial charge on any atom is 0.272 e. The minimum Gasteiger partial charge on any atom is -0.484 e. The molecule has 0 aliphatic carbocycles. The molecule has 2 atom stereocenters. The summed E-state index contributed by atoms with van der Waals surface area (Å²) >= 11 is 0. The van der Waals surface area contributed by atoms with Gasteiger partial charge in [0.05, 0.1) is 6.20 Å². The average molecular weight is 606 g/mol. The molecule has 0 saturated heterocycles. The van der Waals surface area contributed by atoms with Crippen molar-refractivity contribution in [3.63, 3.8) is 0 Å². The van der Waals surface area contributed by atoms with Crippen LogP contribution in [-0.4, -0.2) is 57.3 Å². The number of H-pyrrole nitrogens is 1. The smallest absolute Gasteiger partial charge is 0.272 e. The van der Waals surface area contributed by atoms with Crippen molar-refractivity contribution in [1.29, 1.82) is 0 Å². The van der Waals surface area contributed by atoms with E-state index >= 15 is 0 Å². The molecule has 45 heavy (non-hydrogen) atoms. The van der Waals surface area contributed by atoms with Crippen LogP contribution in [0.15, 0.2) is 104 Å². The first-order valence-corrected chi connectivity index (χ1v) is 14.1. The molecule has 2 heterocycles. The third-order valence-electron chi connectivity index (χ3n) is 6.88. The zero-order chi connectivity index (χ0) is 31.6. The number of nitrogens with two attached hydrogens (primary N) is 1. The highest BCUT2D eigenvalue weighted by molar-refractivity contribution is 5.97. The summed E-state index contributed by atoms with van der Waals surface area (Å²) in [6, 6.07) is 23.2. The molecule has 0 aliphatic heterocycles. The van der Waals surface area contributed by atoms with Gasteiger partial charge in [0.1, 0.15) is 23.5 Å². The summed E-state index contributed by atoms with van der Waals surface area (Å²) < 4.78 is 5.48. The number of para-hydroxylation sites is 2. The van der Waals surface area contributed by atoms with Gasteiger partial charge >= 0.3 is 0 Å². The SMILES string of the molecule is NC(=O)[C@H](Cc1cc2ccccc2[nH]1)NC(=O)[C@H](Cc1ccc(NC(=O)COc2ccccc2)cc1)NC(=O)c1cnccn1. The first kappa shape index (κ1) is 30.4. The molecule has 4 amide bonds. The van der Waals surface area contributed by atoms with E-state index < -0.39 is 29.8 Å². The van der Waals surface area contributed by atoms with Crippen molar-refractivity contribution >= 4 is 40.2 Å². The monoisotopic (exact) mass is 605 g/mol. The predicted molar refractivity (Wildman–Crippen MR) is 167 cm³/mol. The number of ether oxygens (including phenoxy) is 1. The zero-order valence-corrected chi connectivity index (χ0v) is 24.1. The van der Waals surface area contributed by atoms with Gasteiger partial charge in [0.15, 0.2) is 6.61 Å². The molecule has 12 heteroatoms. The fraction of sp³-hybridized carbons (Fsp3) is 0.152. The van der Waals surface area contributed by atoms with Crippen LogP contribution < -0.4 is 26.4 Å². The Morgan fingerprint density at radius 1 is 0.844 bits per heavy atom. The first-order chi connectivity index (χ1) is 21.8. The Morgan fingerprint density at radius 3 is 2.31 bits per heavy atom. The van der Waals surface area contributed by atoms with Gasteiger partial charge in [-0.2, -0.15) is 0 Å². The Kier molecular flexibility index (Phi) is 9.75. The van der Waals surface area contributed by atoms with Crippen molar-refractivity contribution in [2.24, 2.45) is 5.73 Å². The minimum atomic E-state index is -1.09. The predicted octanol–water partition coefficient (Wildman–Crippen LogP) is 2.53. The largest absolute Gasteiger partial charge is 0.484 e. The highest BCUT2D eigenvalue weighted by atomic mass is 16.5. The highest BCUT2D eigenvalue weighted by Crippen LogP contribution is 2.17. The number of aromatic nitrogens is 3. The number of hydrogen-bond donors (Lipinski definition) is 5. The maximum atomic E-state index is 13.5. The number of nitrogens with one attached hydrogen (secondary N) is 4. The van der Waals surface area contributed by atoms with Crippen LogP contribution in [0.5, 0.6) is 5.75 Å². The number of carbonyl (C=O) groups is 4. The Bertz CT molecular complexity index is 1740. The van der Waals surface area contributed by atoms with Gasteiger partial charge in [-0.05, 0) is 47.3 Å². The van der Waals surface area contributed by atoms with Crippen LogP contribution in [0.3, 0.4) is 0 Å². The second-order valence-corrected chi connectivity index (χ2v) is 10.2. The number of nitrogens with zero attached hydrogens (tertiary/aromatic N) is 2. The molecular formula is C33H31N7O5. The van der Waals surface area contributed by atoms with Crippen molar-refractivity contribution in [1.82, 2.24) is 25.6 Å². The number of rotatable bonds is 13. The van der Waals surface area contributed by atoms with Crippen LogP contribution in [0.2, 0.25) is 0 Å². The molecule has 0 radical (unpaired) electrons. The van der Waals surface area contributed by atoms with E-state index in [4.69, 9.17) is 10.5 Å². The molecule has 6 N–H and O–H groups in total. The molecule has 5 rings (SSSR count). The Labute approximate surface area is 258 Å². The first-order valence-electron chi connectivity index (χ1n) is 14.1. The lowest BCUT2D eigenvalue weighted by Gasteiger charge is -2.22. The topological polar surface area (TPSA) is 181 Å². The molecule has 5 aromatic rings. The number of hydrogen-bond acceptors (Lipinski definition) is 7. The van der Waals surface area contributed by atoms with Gasteiger partial charge in [-0.3, -0.25) is 24.2 Å². The van der Waals surface area contributed by atoms with Crippen LogP contribution >= 0.6 is 0 Å². The van der Waals surface area contributed by atoms with Gasteiger partial charge < -0.3 is 31.4 Å². The molecule has 0 spiro atoms. The van der Waals surface area contributed by atoms with Crippen molar-refractivity contribution in [3.05, 3.63) is 120 Å². The molecule has 228 valence electrons. The number of benzene rings is 3. The Hall–Kier alpha value is -6.04. The summed E-state index contributed by atoms with van der Waals surface area (Å²) in [6.45, 7) is -0.165. The number of fused-ring (bicyclic) bond motifs is 1. The third kappa shape index (κ3) is 8.51. The second kappa shape index (κ2) is 14.4. The molecule has 0 bridgehead atoms. The summed E-state index contributed by atoms with van der Waals surface area (Å²) in [5.41, 5.74) is 8.50. The molecule has 0 fully saturated rings. The number of primary amides is 1. The summed E-state index contributed by atoms with van der Waals surface area (Å²) in [6.07, 6.45) is 4.28. The Balaban J connectivity index is 1.26. The van der Waals surface area contributed by atoms with Gasteiger partial charge in [0.25, 0.3) is 11.8 Å². The van der Waals surface area contributed by atoms with E-state index in [1.165, 1.54) is 18.6 Å². The number of anilines is 1. The summed E-state index contributed by atoms with van der Waals surface area (Å²) in [5.74, 6) is -1.71. The third-order valence-corrected chi connectivity index (χ3v) is 6.88. The van der Waals surface area contributed by atoms with Crippen LogP contribution in [0, 0.1) is 0 Å². The molecule has 0 saturated carbocycles. The van der Waals surface area contributed by atoms with Crippen LogP contribution in [0.4, 0.5) is 5.69 Å². The van der Waals surface area contributed by atoms with E-state index in [2.05, 4.69) is 30.9 Å². The second-order valence-electron chi connectivity index (χ2n) is 10.2. The Morgan fingerprint density at radius 2 is 1.60 bits per heavy atom. The normalized spacial score (nSPS) is 12.1. The lowest BCUT2D eigenvalue weighted by molar-refractivity contribution is -0.128. The van der Waals surface area contributed by atoms with Crippen molar-refractivity contribution in [2.75, 3.05) is 11.9 Å². The summed E-state index contributed by atoms with van der Waals surface area (Å²) in [5, 5.41) is 9.10. The summed E-state index contributed by atoms with van der Waals surface area (Å²) in [7, 11) is 0. The van der Waals surface area contributed by atoms with Crippen molar-refractivity contribution < 1.29 is 23.9 Å². The van der Waals surface area contributed by atoms with E-state index in [1.807, 2.05) is 48.5 Å². The number of amides is 4. The molecule has 0 unspecified atom stereocenters. The lowest BCUT2D eigenvalue weighted by Crippen LogP contribution is -2.54.